The predicted molar refractivity (Wildman–Crippen MR) is 117 cm³/mol. The summed E-state index contributed by atoms with van der Waals surface area (Å²) in [5, 5.41) is 1.93. The second-order valence-corrected chi connectivity index (χ2v) is 7.29. The number of esters is 2. The van der Waals surface area contributed by atoms with Crippen LogP contribution in [-0.4, -0.2) is 36.5 Å². The molecule has 0 bridgehead atoms. The summed E-state index contributed by atoms with van der Waals surface area (Å²) in [7, 11) is 0. The molecule has 3 rings (SSSR count). The van der Waals surface area contributed by atoms with E-state index in [0.717, 1.165) is 23.7 Å². The zero-order valence-electron chi connectivity index (χ0n) is 17.2. The number of carbonyl (C=O) groups is 2. The Morgan fingerprint density at radius 2 is 1.45 bits per heavy atom. The molecule has 1 heterocycles. The van der Waals surface area contributed by atoms with Gasteiger partial charge in [-0.2, -0.15) is 0 Å². The minimum Gasteiger partial charge on any atom is -0.422 e. The Morgan fingerprint density at radius 1 is 0.862 bits per heavy atom. The number of benzene rings is 2. The highest BCUT2D eigenvalue weighted by molar-refractivity contribution is 5.89. The van der Waals surface area contributed by atoms with Crippen LogP contribution in [0.4, 0.5) is 0 Å². The van der Waals surface area contributed by atoms with Gasteiger partial charge in [-0.05, 0) is 60.8 Å². The summed E-state index contributed by atoms with van der Waals surface area (Å²) >= 11 is 0. The third kappa shape index (κ3) is 6.44. The van der Waals surface area contributed by atoms with Crippen molar-refractivity contribution in [3.05, 3.63) is 35.9 Å². The smallest absolute Gasteiger partial charge is 0.311 e. The molecule has 0 saturated carbocycles. The summed E-state index contributed by atoms with van der Waals surface area (Å²) in [5.74, 6) is -0.114. The maximum absolute atomic E-state index is 11.8. The molecule has 5 nitrogen and oxygen atoms in total. The van der Waals surface area contributed by atoms with Crippen molar-refractivity contribution in [1.29, 1.82) is 0 Å². The molecular formula is C23H30ClNO4. The molecule has 6 heteroatoms. The van der Waals surface area contributed by atoms with E-state index in [1.807, 2.05) is 6.07 Å². The molecule has 0 aliphatic carbocycles. The highest BCUT2D eigenvalue weighted by Crippen LogP contribution is 2.34. The highest BCUT2D eigenvalue weighted by atomic mass is 35.5. The SMILES string of the molecule is CCC(=O)Oc1cc2ccc(CCN3CCCCC3)cc2cc1OC(=O)CC.Cl. The standard InChI is InChI=1S/C23H29NO4.ClH/c1-3-22(25)27-20-15-18-9-8-17(10-13-24-11-6-5-7-12-24)14-19(18)16-21(20)28-23(26)4-2;/h8-9,14-16H,3-7,10-13H2,1-2H3;1H. The molecule has 0 N–H and O–H groups in total. The normalized spacial score (nSPS) is 14.3. The van der Waals surface area contributed by atoms with Gasteiger partial charge in [0.15, 0.2) is 11.5 Å². The predicted octanol–water partition coefficient (Wildman–Crippen LogP) is 4.92. The summed E-state index contributed by atoms with van der Waals surface area (Å²) in [5.41, 5.74) is 1.25. The van der Waals surface area contributed by atoms with Crippen LogP contribution in [0.3, 0.4) is 0 Å². The topological polar surface area (TPSA) is 55.8 Å². The van der Waals surface area contributed by atoms with Crippen molar-refractivity contribution in [2.75, 3.05) is 19.6 Å². The number of fused-ring (bicyclic) bond motifs is 1. The molecule has 2 aromatic carbocycles. The van der Waals surface area contributed by atoms with Crippen LogP contribution in [0.1, 0.15) is 51.5 Å². The molecule has 0 unspecified atom stereocenters. The van der Waals surface area contributed by atoms with E-state index in [2.05, 4.69) is 17.0 Å². The van der Waals surface area contributed by atoms with E-state index in [4.69, 9.17) is 9.47 Å². The molecule has 0 aromatic heterocycles. The summed E-state index contributed by atoms with van der Waals surface area (Å²) in [6.45, 7) is 6.92. The Hall–Kier alpha value is -2.11. The first-order valence-corrected chi connectivity index (χ1v) is 10.3. The Kier molecular flexibility index (Phi) is 8.93. The number of hydrogen-bond donors (Lipinski definition) is 0. The zero-order chi connectivity index (χ0) is 19.9. The van der Waals surface area contributed by atoms with Crippen LogP contribution >= 0.6 is 12.4 Å². The van der Waals surface area contributed by atoms with Crippen LogP contribution in [-0.2, 0) is 16.0 Å². The lowest BCUT2D eigenvalue weighted by Crippen LogP contribution is -2.31. The van der Waals surface area contributed by atoms with Crippen molar-refractivity contribution in [2.45, 2.75) is 52.4 Å². The monoisotopic (exact) mass is 419 g/mol. The fourth-order valence-electron chi connectivity index (χ4n) is 3.48. The largest absolute Gasteiger partial charge is 0.422 e. The molecular weight excluding hydrogens is 390 g/mol. The number of nitrogens with zero attached hydrogens (tertiary/aromatic N) is 1. The van der Waals surface area contributed by atoms with Crippen LogP contribution in [0.15, 0.2) is 30.3 Å². The average Bonchev–Trinajstić information content (AvgIpc) is 2.73. The van der Waals surface area contributed by atoms with Gasteiger partial charge in [-0.3, -0.25) is 9.59 Å². The minimum atomic E-state index is -0.355. The van der Waals surface area contributed by atoms with E-state index in [1.54, 1.807) is 26.0 Å². The Morgan fingerprint density at radius 3 is 2.03 bits per heavy atom. The Labute approximate surface area is 178 Å². The molecule has 0 radical (unpaired) electrons. The number of rotatable bonds is 7. The highest BCUT2D eigenvalue weighted by Gasteiger charge is 2.15. The van der Waals surface area contributed by atoms with Gasteiger partial charge >= 0.3 is 11.9 Å². The van der Waals surface area contributed by atoms with Crippen molar-refractivity contribution in [3.63, 3.8) is 0 Å². The van der Waals surface area contributed by atoms with Gasteiger partial charge in [0.2, 0.25) is 0 Å². The van der Waals surface area contributed by atoms with Crippen LogP contribution in [0.2, 0.25) is 0 Å². The van der Waals surface area contributed by atoms with E-state index >= 15 is 0 Å². The molecule has 0 atom stereocenters. The molecule has 1 saturated heterocycles. The number of hydrogen-bond acceptors (Lipinski definition) is 5. The lowest BCUT2D eigenvalue weighted by molar-refractivity contribution is -0.136. The van der Waals surface area contributed by atoms with Gasteiger partial charge in [-0.25, -0.2) is 0 Å². The summed E-state index contributed by atoms with van der Waals surface area (Å²) in [6.07, 6.45) is 5.44. The van der Waals surface area contributed by atoms with E-state index in [-0.39, 0.29) is 37.2 Å². The molecule has 1 aliphatic heterocycles. The fourth-order valence-corrected chi connectivity index (χ4v) is 3.48. The molecule has 0 amide bonds. The number of likely N-dealkylation sites (tertiary alicyclic amines) is 1. The van der Waals surface area contributed by atoms with Crippen LogP contribution in [0, 0.1) is 0 Å². The third-order valence-electron chi connectivity index (χ3n) is 5.16. The first-order valence-electron chi connectivity index (χ1n) is 10.3. The van der Waals surface area contributed by atoms with E-state index in [0.29, 0.717) is 11.5 Å². The van der Waals surface area contributed by atoms with E-state index in [9.17, 15) is 9.59 Å². The van der Waals surface area contributed by atoms with Gasteiger partial charge in [0.05, 0.1) is 0 Å². The minimum absolute atomic E-state index is 0. The van der Waals surface area contributed by atoms with Gasteiger partial charge in [0, 0.05) is 19.4 Å². The second-order valence-electron chi connectivity index (χ2n) is 7.29. The Balaban J connectivity index is 0.00000300. The van der Waals surface area contributed by atoms with Crippen LogP contribution in [0.25, 0.3) is 10.8 Å². The van der Waals surface area contributed by atoms with Gasteiger partial charge in [0.25, 0.3) is 0 Å². The van der Waals surface area contributed by atoms with Crippen molar-refractivity contribution < 1.29 is 19.1 Å². The molecule has 158 valence electrons. The van der Waals surface area contributed by atoms with Gasteiger partial charge in [0.1, 0.15) is 0 Å². The second kappa shape index (κ2) is 11.2. The Bertz CT molecular complexity index is 846. The van der Waals surface area contributed by atoms with E-state index in [1.165, 1.54) is 37.9 Å². The summed E-state index contributed by atoms with van der Waals surface area (Å²) < 4.78 is 10.8. The number of piperidine rings is 1. The van der Waals surface area contributed by atoms with Crippen LogP contribution < -0.4 is 9.47 Å². The first kappa shape index (κ1) is 23.2. The van der Waals surface area contributed by atoms with Crippen molar-refractivity contribution >= 4 is 35.1 Å². The number of ether oxygens (including phenoxy) is 2. The fraction of sp³-hybridized carbons (Fsp3) is 0.478. The van der Waals surface area contributed by atoms with Crippen molar-refractivity contribution in [1.82, 2.24) is 4.90 Å². The number of carbonyl (C=O) groups excluding carboxylic acids is 2. The summed E-state index contributed by atoms with van der Waals surface area (Å²) in [4.78, 5) is 26.1. The molecule has 2 aromatic rings. The van der Waals surface area contributed by atoms with Gasteiger partial charge in [-0.15, -0.1) is 12.4 Å². The molecule has 29 heavy (non-hydrogen) atoms. The maximum atomic E-state index is 11.8. The third-order valence-corrected chi connectivity index (χ3v) is 5.16. The zero-order valence-corrected chi connectivity index (χ0v) is 18.1. The van der Waals surface area contributed by atoms with E-state index < -0.39 is 0 Å². The first-order chi connectivity index (χ1) is 13.6. The maximum Gasteiger partial charge on any atom is 0.311 e. The number of halogens is 1. The average molecular weight is 420 g/mol. The molecule has 0 spiro atoms. The van der Waals surface area contributed by atoms with Crippen molar-refractivity contribution in [2.24, 2.45) is 0 Å². The summed E-state index contributed by atoms with van der Waals surface area (Å²) in [6, 6.07) is 9.86. The quantitative estimate of drug-likeness (QED) is 0.471. The van der Waals surface area contributed by atoms with Gasteiger partial charge < -0.3 is 14.4 Å². The van der Waals surface area contributed by atoms with Crippen LogP contribution in [0.5, 0.6) is 11.5 Å². The molecule has 1 fully saturated rings. The lowest BCUT2D eigenvalue weighted by Gasteiger charge is -2.26. The molecule has 1 aliphatic rings. The van der Waals surface area contributed by atoms with Crippen molar-refractivity contribution in [3.8, 4) is 11.5 Å². The lowest BCUT2D eigenvalue weighted by atomic mass is 10.0. The van der Waals surface area contributed by atoms with Gasteiger partial charge in [-0.1, -0.05) is 38.5 Å².